The molecule has 5 nitrogen and oxygen atoms in total. The summed E-state index contributed by atoms with van der Waals surface area (Å²) in [4.78, 5) is 28.1. The molecule has 1 saturated carbocycles. The fourth-order valence-electron chi connectivity index (χ4n) is 2.74. The lowest BCUT2D eigenvalue weighted by Gasteiger charge is -2.34. The Morgan fingerprint density at radius 1 is 1.05 bits per heavy atom. The maximum absolute atomic E-state index is 12.3. The molecule has 1 heterocycles. The van der Waals surface area contributed by atoms with Crippen molar-refractivity contribution in [2.45, 2.75) is 25.3 Å². The molecule has 3 rings (SSSR count). The molecule has 0 aromatic heterocycles. The van der Waals surface area contributed by atoms with Crippen LogP contribution in [0.5, 0.6) is 0 Å². The summed E-state index contributed by atoms with van der Waals surface area (Å²) in [6.07, 6.45) is 2.70. The monoisotopic (exact) mass is 301 g/mol. The second-order valence-corrected chi connectivity index (χ2v) is 6.16. The molecule has 0 radical (unpaired) electrons. The molecular weight excluding hydrogens is 278 g/mol. The van der Waals surface area contributed by atoms with Gasteiger partial charge in [0.05, 0.1) is 13.0 Å². The third-order valence-corrected chi connectivity index (χ3v) is 4.23. The third-order valence-electron chi connectivity index (χ3n) is 4.23. The SMILES string of the molecule is O=C(CN1CCN(C(=O)Cc2ccccc2)CC1)NC1CC1. The number of amides is 2. The summed E-state index contributed by atoms with van der Waals surface area (Å²) >= 11 is 0. The maximum Gasteiger partial charge on any atom is 0.234 e. The fourth-order valence-corrected chi connectivity index (χ4v) is 2.74. The number of rotatable bonds is 5. The van der Waals surface area contributed by atoms with E-state index in [1.807, 2.05) is 35.2 Å². The van der Waals surface area contributed by atoms with E-state index in [0.29, 0.717) is 32.1 Å². The summed E-state index contributed by atoms with van der Waals surface area (Å²) in [5, 5.41) is 3.01. The molecule has 1 aromatic carbocycles. The van der Waals surface area contributed by atoms with Crippen LogP contribution in [0.15, 0.2) is 30.3 Å². The van der Waals surface area contributed by atoms with Crippen molar-refractivity contribution in [3.63, 3.8) is 0 Å². The Morgan fingerprint density at radius 3 is 2.36 bits per heavy atom. The molecule has 0 unspecified atom stereocenters. The molecule has 22 heavy (non-hydrogen) atoms. The van der Waals surface area contributed by atoms with E-state index in [1.54, 1.807) is 0 Å². The van der Waals surface area contributed by atoms with Gasteiger partial charge < -0.3 is 10.2 Å². The molecule has 2 aliphatic rings. The Morgan fingerprint density at radius 2 is 1.73 bits per heavy atom. The zero-order valence-corrected chi connectivity index (χ0v) is 12.8. The Labute approximate surface area is 131 Å². The van der Waals surface area contributed by atoms with Crippen LogP contribution in [0.1, 0.15) is 18.4 Å². The summed E-state index contributed by atoms with van der Waals surface area (Å²) in [5.41, 5.74) is 1.05. The van der Waals surface area contributed by atoms with Crippen LogP contribution in [-0.4, -0.2) is 60.4 Å². The minimum absolute atomic E-state index is 0.117. The summed E-state index contributed by atoms with van der Waals surface area (Å²) in [6, 6.07) is 10.3. The summed E-state index contributed by atoms with van der Waals surface area (Å²) in [6.45, 7) is 3.43. The van der Waals surface area contributed by atoms with Gasteiger partial charge in [-0.05, 0) is 18.4 Å². The number of carbonyl (C=O) groups is 2. The van der Waals surface area contributed by atoms with Crippen LogP contribution in [0.3, 0.4) is 0 Å². The van der Waals surface area contributed by atoms with E-state index in [2.05, 4.69) is 10.2 Å². The van der Waals surface area contributed by atoms with E-state index >= 15 is 0 Å². The predicted molar refractivity (Wildman–Crippen MR) is 84.3 cm³/mol. The highest BCUT2D eigenvalue weighted by Crippen LogP contribution is 2.18. The smallest absolute Gasteiger partial charge is 0.234 e. The normalized spacial score (nSPS) is 19.0. The van der Waals surface area contributed by atoms with Gasteiger partial charge in [-0.1, -0.05) is 30.3 Å². The highest BCUT2D eigenvalue weighted by atomic mass is 16.2. The van der Waals surface area contributed by atoms with E-state index in [0.717, 1.165) is 31.5 Å². The lowest BCUT2D eigenvalue weighted by Crippen LogP contribution is -2.51. The molecule has 0 bridgehead atoms. The Hall–Kier alpha value is -1.88. The molecule has 1 aromatic rings. The predicted octanol–water partition coefficient (Wildman–Crippen LogP) is 0.652. The molecule has 1 saturated heterocycles. The molecule has 5 heteroatoms. The number of nitrogens with one attached hydrogen (secondary N) is 1. The lowest BCUT2D eigenvalue weighted by atomic mass is 10.1. The van der Waals surface area contributed by atoms with E-state index in [-0.39, 0.29) is 11.8 Å². The minimum Gasteiger partial charge on any atom is -0.352 e. The first-order valence-electron chi connectivity index (χ1n) is 8.04. The van der Waals surface area contributed by atoms with Gasteiger partial charge in [-0.3, -0.25) is 14.5 Å². The van der Waals surface area contributed by atoms with E-state index < -0.39 is 0 Å². The van der Waals surface area contributed by atoms with Gasteiger partial charge in [-0.15, -0.1) is 0 Å². The van der Waals surface area contributed by atoms with Crippen molar-refractivity contribution in [1.82, 2.24) is 15.1 Å². The highest BCUT2D eigenvalue weighted by molar-refractivity contribution is 5.79. The zero-order valence-electron chi connectivity index (χ0n) is 12.8. The number of nitrogens with zero attached hydrogens (tertiary/aromatic N) is 2. The first-order chi connectivity index (χ1) is 10.7. The van der Waals surface area contributed by atoms with Crippen molar-refractivity contribution >= 4 is 11.8 Å². The molecule has 2 amide bonds. The summed E-state index contributed by atoms with van der Waals surface area (Å²) in [7, 11) is 0. The molecule has 118 valence electrons. The van der Waals surface area contributed by atoms with Gasteiger partial charge in [0.25, 0.3) is 0 Å². The van der Waals surface area contributed by atoms with Crippen LogP contribution in [0.4, 0.5) is 0 Å². The van der Waals surface area contributed by atoms with Crippen LogP contribution < -0.4 is 5.32 Å². The van der Waals surface area contributed by atoms with Crippen molar-refractivity contribution in [3.8, 4) is 0 Å². The first kappa shape index (κ1) is 15.0. The fraction of sp³-hybridized carbons (Fsp3) is 0.529. The quantitative estimate of drug-likeness (QED) is 0.869. The first-order valence-corrected chi connectivity index (χ1v) is 8.04. The molecular formula is C17H23N3O2. The Kier molecular flexibility index (Phi) is 4.73. The van der Waals surface area contributed by atoms with Crippen molar-refractivity contribution in [3.05, 3.63) is 35.9 Å². The maximum atomic E-state index is 12.3. The highest BCUT2D eigenvalue weighted by Gasteiger charge is 2.26. The standard InChI is InChI=1S/C17H23N3O2/c21-16(18-15-6-7-15)13-19-8-10-20(11-9-19)17(22)12-14-4-2-1-3-5-14/h1-5,15H,6-13H2,(H,18,21). The van der Waals surface area contributed by atoms with E-state index in [1.165, 1.54) is 0 Å². The van der Waals surface area contributed by atoms with Crippen LogP contribution in [-0.2, 0) is 16.0 Å². The van der Waals surface area contributed by atoms with Gasteiger partial charge in [-0.2, -0.15) is 0 Å². The second-order valence-electron chi connectivity index (χ2n) is 6.16. The molecule has 2 fully saturated rings. The van der Waals surface area contributed by atoms with Gasteiger partial charge >= 0.3 is 0 Å². The topological polar surface area (TPSA) is 52.7 Å². The van der Waals surface area contributed by atoms with Gasteiger partial charge in [0.1, 0.15) is 0 Å². The van der Waals surface area contributed by atoms with Crippen molar-refractivity contribution in [2.24, 2.45) is 0 Å². The van der Waals surface area contributed by atoms with Crippen LogP contribution in [0.25, 0.3) is 0 Å². The molecule has 1 aliphatic heterocycles. The van der Waals surface area contributed by atoms with Gasteiger partial charge in [0.2, 0.25) is 11.8 Å². The average molecular weight is 301 g/mol. The van der Waals surface area contributed by atoms with E-state index in [4.69, 9.17) is 0 Å². The Bertz CT molecular complexity index is 520. The van der Waals surface area contributed by atoms with Crippen molar-refractivity contribution in [1.29, 1.82) is 0 Å². The number of carbonyl (C=O) groups excluding carboxylic acids is 2. The van der Waals surface area contributed by atoms with Crippen LogP contribution in [0.2, 0.25) is 0 Å². The van der Waals surface area contributed by atoms with Gasteiger partial charge in [-0.25, -0.2) is 0 Å². The largest absolute Gasteiger partial charge is 0.352 e. The zero-order chi connectivity index (χ0) is 15.4. The van der Waals surface area contributed by atoms with Crippen LogP contribution in [0, 0.1) is 0 Å². The lowest BCUT2D eigenvalue weighted by molar-refractivity contribution is -0.132. The molecule has 0 atom stereocenters. The van der Waals surface area contributed by atoms with Crippen molar-refractivity contribution < 1.29 is 9.59 Å². The number of hydrogen-bond acceptors (Lipinski definition) is 3. The van der Waals surface area contributed by atoms with E-state index in [9.17, 15) is 9.59 Å². The van der Waals surface area contributed by atoms with Gasteiger partial charge in [0, 0.05) is 32.2 Å². The van der Waals surface area contributed by atoms with Gasteiger partial charge in [0.15, 0.2) is 0 Å². The third kappa shape index (κ3) is 4.31. The summed E-state index contributed by atoms with van der Waals surface area (Å²) < 4.78 is 0. The van der Waals surface area contributed by atoms with Crippen LogP contribution >= 0.6 is 0 Å². The average Bonchev–Trinajstić information content (AvgIpc) is 3.32. The van der Waals surface area contributed by atoms with Crippen molar-refractivity contribution in [2.75, 3.05) is 32.7 Å². The molecule has 1 aliphatic carbocycles. The summed E-state index contributed by atoms with van der Waals surface area (Å²) in [5.74, 6) is 0.292. The number of benzene rings is 1. The molecule has 1 N–H and O–H groups in total. The Balaban J connectivity index is 1.40. The second kappa shape index (κ2) is 6.92. The number of piperazine rings is 1. The number of hydrogen-bond donors (Lipinski definition) is 1. The molecule has 0 spiro atoms. The minimum atomic E-state index is 0.117.